The number of fused-ring (bicyclic) bond motifs is 2. The third kappa shape index (κ3) is 3.04. The number of hydrogen-bond acceptors (Lipinski definition) is 2. The van der Waals surface area contributed by atoms with Crippen molar-refractivity contribution < 1.29 is 8.78 Å². The van der Waals surface area contributed by atoms with Gasteiger partial charge in [0, 0.05) is 0 Å². The van der Waals surface area contributed by atoms with Gasteiger partial charge in [-0.3, -0.25) is 0 Å². The molecule has 2 aromatic heterocycles. The number of benzene rings is 4. The van der Waals surface area contributed by atoms with Crippen LogP contribution in [-0.2, 0) is 0 Å². The van der Waals surface area contributed by atoms with E-state index in [2.05, 4.69) is 19.9 Å². The van der Waals surface area contributed by atoms with Crippen LogP contribution in [0.15, 0.2) is 84.9 Å². The maximum Gasteiger partial charge on any atom is 0.141 e. The summed E-state index contributed by atoms with van der Waals surface area (Å²) in [7, 11) is 0. The Morgan fingerprint density at radius 2 is 0.969 bits per heavy atom. The van der Waals surface area contributed by atoms with Crippen molar-refractivity contribution >= 4 is 22.1 Å². The van der Waals surface area contributed by atoms with E-state index in [9.17, 15) is 8.78 Å². The van der Waals surface area contributed by atoms with Gasteiger partial charge >= 0.3 is 0 Å². The van der Waals surface area contributed by atoms with Gasteiger partial charge in [-0.1, -0.05) is 36.4 Å². The molecule has 0 aliphatic heterocycles. The van der Waals surface area contributed by atoms with E-state index >= 15 is 0 Å². The van der Waals surface area contributed by atoms with E-state index in [1.54, 1.807) is 36.4 Å². The fourth-order valence-corrected chi connectivity index (χ4v) is 3.94. The molecule has 0 saturated heterocycles. The molecule has 0 amide bonds. The number of nitrogens with one attached hydrogen (secondary N) is 2. The maximum absolute atomic E-state index is 14.2. The summed E-state index contributed by atoms with van der Waals surface area (Å²) in [5.74, 6) is 0.354. The normalized spacial score (nSPS) is 11.4. The highest BCUT2D eigenvalue weighted by atomic mass is 19.1. The summed E-state index contributed by atoms with van der Waals surface area (Å²) < 4.78 is 28.3. The Bertz CT molecular complexity index is 1490. The number of halogens is 2. The zero-order chi connectivity index (χ0) is 21.7. The van der Waals surface area contributed by atoms with E-state index in [0.29, 0.717) is 22.8 Å². The quantitative estimate of drug-likeness (QED) is 0.333. The van der Waals surface area contributed by atoms with E-state index in [-0.39, 0.29) is 11.6 Å². The highest BCUT2D eigenvalue weighted by molar-refractivity contribution is 5.88. The molecule has 6 aromatic rings. The average Bonchev–Trinajstić information content (AvgIpc) is 3.42. The van der Waals surface area contributed by atoms with Gasteiger partial charge in [-0.25, -0.2) is 18.7 Å². The lowest BCUT2D eigenvalue weighted by Gasteiger charge is -2.01. The van der Waals surface area contributed by atoms with E-state index < -0.39 is 0 Å². The van der Waals surface area contributed by atoms with Crippen molar-refractivity contribution in [2.45, 2.75) is 0 Å². The molecule has 0 saturated carbocycles. The number of hydrogen-bond donors (Lipinski definition) is 2. The SMILES string of the molecule is Fc1ccccc1-c1nc2ccc(-c3ccc4nc(-c5ccccc5F)[nH]c4c3)cc2[nH]1. The van der Waals surface area contributed by atoms with Crippen molar-refractivity contribution in [3.63, 3.8) is 0 Å². The molecule has 0 radical (unpaired) electrons. The number of aromatic nitrogens is 4. The Kier molecular flexibility index (Phi) is 4.11. The molecule has 2 N–H and O–H groups in total. The van der Waals surface area contributed by atoms with Gasteiger partial charge in [-0.15, -0.1) is 0 Å². The monoisotopic (exact) mass is 422 g/mol. The molecule has 4 nitrogen and oxygen atoms in total. The van der Waals surface area contributed by atoms with Gasteiger partial charge in [0.05, 0.1) is 33.2 Å². The van der Waals surface area contributed by atoms with E-state index in [1.165, 1.54) is 12.1 Å². The van der Waals surface area contributed by atoms with Crippen LogP contribution in [-0.4, -0.2) is 19.9 Å². The molecule has 6 heteroatoms. The third-order valence-electron chi connectivity index (χ3n) is 5.56. The molecule has 154 valence electrons. The molecular formula is C26H16F2N4. The van der Waals surface area contributed by atoms with Crippen LogP contribution in [0.2, 0.25) is 0 Å². The largest absolute Gasteiger partial charge is 0.338 e. The summed E-state index contributed by atoms with van der Waals surface area (Å²) in [6, 6.07) is 24.9. The highest BCUT2D eigenvalue weighted by Gasteiger charge is 2.12. The van der Waals surface area contributed by atoms with Gasteiger partial charge in [0.1, 0.15) is 23.3 Å². The fraction of sp³-hybridized carbons (Fsp3) is 0. The topological polar surface area (TPSA) is 57.4 Å². The Morgan fingerprint density at radius 3 is 1.41 bits per heavy atom. The van der Waals surface area contributed by atoms with Crippen molar-refractivity contribution in [2.24, 2.45) is 0 Å². The molecule has 0 fully saturated rings. The van der Waals surface area contributed by atoms with E-state index in [0.717, 1.165) is 33.2 Å². The molecule has 0 spiro atoms. The van der Waals surface area contributed by atoms with Crippen LogP contribution >= 0.6 is 0 Å². The van der Waals surface area contributed by atoms with Crippen LogP contribution < -0.4 is 0 Å². The lowest BCUT2D eigenvalue weighted by Crippen LogP contribution is -1.84. The van der Waals surface area contributed by atoms with Crippen LogP contribution in [0, 0.1) is 11.6 Å². The van der Waals surface area contributed by atoms with Crippen LogP contribution in [0.1, 0.15) is 0 Å². The molecule has 0 atom stereocenters. The van der Waals surface area contributed by atoms with E-state index in [4.69, 9.17) is 0 Å². The molecule has 0 bridgehead atoms. The summed E-state index contributed by atoms with van der Waals surface area (Å²) in [5.41, 5.74) is 5.98. The maximum atomic E-state index is 14.2. The van der Waals surface area contributed by atoms with Crippen LogP contribution in [0.25, 0.3) is 56.0 Å². The second-order valence-corrected chi connectivity index (χ2v) is 7.59. The zero-order valence-electron chi connectivity index (χ0n) is 16.7. The first kappa shape index (κ1) is 18.4. The number of imidazole rings is 2. The molecule has 0 aliphatic rings. The second kappa shape index (κ2) is 7.13. The molecule has 6 rings (SSSR count). The molecular weight excluding hydrogens is 406 g/mol. The third-order valence-corrected chi connectivity index (χ3v) is 5.56. The Balaban J connectivity index is 1.41. The predicted octanol–water partition coefficient (Wildman–Crippen LogP) is 6.72. The zero-order valence-corrected chi connectivity index (χ0v) is 16.7. The minimum atomic E-state index is -0.317. The van der Waals surface area contributed by atoms with Crippen molar-refractivity contribution in [3.8, 4) is 33.9 Å². The first-order chi connectivity index (χ1) is 15.7. The Labute approximate surface area is 181 Å². The minimum absolute atomic E-state index is 0.317. The summed E-state index contributed by atoms with van der Waals surface area (Å²) in [6.45, 7) is 0. The summed E-state index contributed by atoms with van der Waals surface area (Å²) in [4.78, 5) is 15.5. The summed E-state index contributed by atoms with van der Waals surface area (Å²) in [5, 5.41) is 0. The predicted molar refractivity (Wildman–Crippen MR) is 122 cm³/mol. The van der Waals surface area contributed by atoms with Crippen LogP contribution in [0.4, 0.5) is 8.78 Å². The molecule has 0 aliphatic carbocycles. The lowest BCUT2D eigenvalue weighted by atomic mass is 10.0. The lowest BCUT2D eigenvalue weighted by molar-refractivity contribution is 0.630. The van der Waals surface area contributed by atoms with E-state index in [1.807, 2.05) is 36.4 Å². The van der Waals surface area contributed by atoms with Gasteiger partial charge in [-0.2, -0.15) is 0 Å². The Morgan fingerprint density at radius 1 is 0.531 bits per heavy atom. The van der Waals surface area contributed by atoms with Gasteiger partial charge in [0.2, 0.25) is 0 Å². The smallest absolute Gasteiger partial charge is 0.141 e. The second-order valence-electron chi connectivity index (χ2n) is 7.59. The number of rotatable bonds is 3. The van der Waals surface area contributed by atoms with Crippen molar-refractivity contribution in [3.05, 3.63) is 96.6 Å². The Hall–Kier alpha value is -4.32. The first-order valence-electron chi connectivity index (χ1n) is 10.2. The molecule has 2 heterocycles. The number of H-pyrrole nitrogens is 2. The standard InChI is InChI=1S/C26H16F2N4/c27-19-7-3-1-5-17(19)25-29-21-11-9-15(13-23(21)31-25)16-10-12-22-24(14-16)32-26(30-22)18-6-2-4-8-20(18)28/h1-14H,(H,29,31)(H,30,32). The summed E-state index contributed by atoms with van der Waals surface area (Å²) >= 11 is 0. The van der Waals surface area contributed by atoms with Gasteiger partial charge in [-0.05, 0) is 59.7 Å². The van der Waals surface area contributed by atoms with Crippen LogP contribution in [0.3, 0.4) is 0 Å². The molecule has 4 aromatic carbocycles. The summed E-state index contributed by atoms with van der Waals surface area (Å²) in [6.07, 6.45) is 0. The number of aromatic amines is 2. The van der Waals surface area contributed by atoms with Crippen LogP contribution in [0.5, 0.6) is 0 Å². The molecule has 32 heavy (non-hydrogen) atoms. The number of nitrogens with zero attached hydrogens (tertiary/aromatic N) is 2. The van der Waals surface area contributed by atoms with Crippen molar-refractivity contribution in [1.82, 2.24) is 19.9 Å². The van der Waals surface area contributed by atoms with Gasteiger partial charge in [0.25, 0.3) is 0 Å². The fourth-order valence-electron chi connectivity index (χ4n) is 3.94. The van der Waals surface area contributed by atoms with Gasteiger partial charge < -0.3 is 9.97 Å². The average molecular weight is 422 g/mol. The minimum Gasteiger partial charge on any atom is -0.338 e. The van der Waals surface area contributed by atoms with Crippen molar-refractivity contribution in [1.29, 1.82) is 0 Å². The molecule has 0 unspecified atom stereocenters. The van der Waals surface area contributed by atoms with Crippen molar-refractivity contribution in [2.75, 3.05) is 0 Å². The first-order valence-corrected chi connectivity index (χ1v) is 10.2. The van der Waals surface area contributed by atoms with Gasteiger partial charge in [0.15, 0.2) is 0 Å². The highest BCUT2D eigenvalue weighted by Crippen LogP contribution is 2.30.